The molecule has 0 bridgehead atoms. The number of aliphatic hydroxyl groups excluding tert-OH is 1. The summed E-state index contributed by atoms with van der Waals surface area (Å²) in [5.41, 5.74) is 7.87. The third-order valence-electron chi connectivity index (χ3n) is 2.89. The van der Waals surface area contributed by atoms with Gasteiger partial charge < -0.3 is 15.7 Å². The fourth-order valence-corrected chi connectivity index (χ4v) is 1.79. The lowest BCUT2D eigenvalue weighted by atomic mass is 10.1. The Balaban J connectivity index is 2.84. The van der Waals surface area contributed by atoms with Crippen molar-refractivity contribution in [2.24, 2.45) is 5.73 Å². The molecule has 0 aromatic carbocycles. The Morgan fingerprint density at radius 3 is 2.53 bits per heavy atom. The van der Waals surface area contributed by atoms with Crippen molar-refractivity contribution in [2.75, 3.05) is 18.1 Å². The van der Waals surface area contributed by atoms with Crippen LogP contribution in [-0.2, 0) is 0 Å². The third-order valence-corrected chi connectivity index (χ3v) is 2.89. The summed E-state index contributed by atoms with van der Waals surface area (Å²) in [5, 5.41) is 9.05. The number of rotatable bonds is 6. The van der Waals surface area contributed by atoms with E-state index in [9.17, 15) is 0 Å². The summed E-state index contributed by atoms with van der Waals surface area (Å²) >= 11 is 0. The van der Waals surface area contributed by atoms with Crippen molar-refractivity contribution >= 4 is 5.69 Å². The maximum atomic E-state index is 9.05. The molecule has 1 atom stereocenters. The quantitative estimate of drug-likeness (QED) is 0.790. The molecular formula is C13H23N3O. The summed E-state index contributed by atoms with van der Waals surface area (Å²) in [6, 6.07) is 4.34. The predicted octanol–water partition coefficient (Wildman–Crippen LogP) is 1.70. The van der Waals surface area contributed by atoms with Crippen molar-refractivity contribution in [1.29, 1.82) is 0 Å². The van der Waals surface area contributed by atoms with Crippen LogP contribution >= 0.6 is 0 Å². The molecule has 0 aliphatic heterocycles. The molecule has 1 rings (SSSR count). The predicted molar refractivity (Wildman–Crippen MR) is 71.0 cm³/mol. The second-order valence-electron chi connectivity index (χ2n) is 4.47. The summed E-state index contributed by atoms with van der Waals surface area (Å²) in [5.74, 6) is 0. The number of nitrogens with two attached hydrogens (primary N) is 1. The van der Waals surface area contributed by atoms with Gasteiger partial charge in [0.1, 0.15) is 0 Å². The molecule has 96 valence electrons. The molecule has 0 amide bonds. The van der Waals surface area contributed by atoms with Crippen LogP contribution in [0.3, 0.4) is 0 Å². The largest absolute Gasteiger partial charge is 0.395 e. The zero-order valence-electron chi connectivity index (χ0n) is 10.9. The minimum absolute atomic E-state index is 0.00870. The fraction of sp³-hybridized carbons (Fsp3) is 0.615. The molecule has 1 heterocycles. The Bertz CT molecular complexity index is 324. The highest BCUT2D eigenvalue weighted by Crippen LogP contribution is 2.18. The SMILES string of the molecule is CCC(N)c1ccc(N(CCO)C(C)C)cn1. The van der Waals surface area contributed by atoms with Gasteiger partial charge in [-0.3, -0.25) is 4.98 Å². The van der Waals surface area contributed by atoms with Gasteiger partial charge in [-0.05, 0) is 32.4 Å². The van der Waals surface area contributed by atoms with E-state index in [1.54, 1.807) is 0 Å². The van der Waals surface area contributed by atoms with Gasteiger partial charge in [-0.1, -0.05) is 6.92 Å². The molecule has 0 fully saturated rings. The molecule has 0 aliphatic rings. The monoisotopic (exact) mass is 237 g/mol. The Hall–Kier alpha value is -1.13. The summed E-state index contributed by atoms with van der Waals surface area (Å²) in [6.45, 7) is 7.02. The van der Waals surface area contributed by atoms with E-state index >= 15 is 0 Å². The van der Waals surface area contributed by atoms with Crippen LogP contribution in [0, 0.1) is 0 Å². The van der Waals surface area contributed by atoms with Crippen molar-refractivity contribution < 1.29 is 5.11 Å². The van der Waals surface area contributed by atoms with Crippen LogP contribution in [0.15, 0.2) is 18.3 Å². The zero-order chi connectivity index (χ0) is 12.8. The first-order valence-electron chi connectivity index (χ1n) is 6.19. The van der Waals surface area contributed by atoms with Crippen LogP contribution in [0.5, 0.6) is 0 Å². The van der Waals surface area contributed by atoms with Crippen LogP contribution < -0.4 is 10.6 Å². The molecule has 17 heavy (non-hydrogen) atoms. The third kappa shape index (κ3) is 3.68. The Morgan fingerprint density at radius 1 is 1.41 bits per heavy atom. The Morgan fingerprint density at radius 2 is 2.12 bits per heavy atom. The minimum atomic E-state index is 0.00870. The van der Waals surface area contributed by atoms with E-state index < -0.39 is 0 Å². The molecular weight excluding hydrogens is 214 g/mol. The zero-order valence-corrected chi connectivity index (χ0v) is 10.9. The smallest absolute Gasteiger partial charge is 0.0606 e. The van der Waals surface area contributed by atoms with Crippen molar-refractivity contribution in [3.05, 3.63) is 24.0 Å². The van der Waals surface area contributed by atoms with Crippen molar-refractivity contribution in [2.45, 2.75) is 39.3 Å². The van der Waals surface area contributed by atoms with E-state index in [1.807, 2.05) is 25.3 Å². The Kier molecular flexibility index (Phi) is 5.38. The molecule has 3 N–H and O–H groups in total. The maximum absolute atomic E-state index is 9.05. The minimum Gasteiger partial charge on any atom is -0.395 e. The fourth-order valence-electron chi connectivity index (χ4n) is 1.79. The lowest BCUT2D eigenvalue weighted by Crippen LogP contribution is -2.33. The molecule has 1 aromatic rings. The van der Waals surface area contributed by atoms with E-state index in [2.05, 4.69) is 23.7 Å². The van der Waals surface area contributed by atoms with Crippen LogP contribution in [0.2, 0.25) is 0 Å². The second kappa shape index (κ2) is 6.57. The van der Waals surface area contributed by atoms with Gasteiger partial charge in [0.15, 0.2) is 0 Å². The molecule has 0 saturated carbocycles. The van der Waals surface area contributed by atoms with Gasteiger partial charge in [-0.15, -0.1) is 0 Å². The molecule has 4 nitrogen and oxygen atoms in total. The lowest BCUT2D eigenvalue weighted by Gasteiger charge is -2.28. The number of nitrogens with zero attached hydrogens (tertiary/aromatic N) is 2. The normalized spacial score (nSPS) is 12.8. The molecule has 0 radical (unpaired) electrons. The highest BCUT2D eigenvalue weighted by molar-refractivity contribution is 5.45. The first-order chi connectivity index (χ1) is 8.10. The second-order valence-corrected chi connectivity index (χ2v) is 4.47. The number of aromatic nitrogens is 1. The molecule has 4 heteroatoms. The number of hydrogen-bond donors (Lipinski definition) is 2. The van der Waals surface area contributed by atoms with Crippen molar-refractivity contribution in [3.8, 4) is 0 Å². The van der Waals surface area contributed by atoms with Crippen molar-refractivity contribution in [1.82, 2.24) is 4.98 Å². The average Bonchev–Trinajstić information content (AvgIpc) is 2.35. The number of aliphatic hydroxyl groups is 1. The van der Waals surface area contributed by atoms with E-state index in [1.165, 1.54) is 0 Å². The van der Waals surface area contributed by atoms with Crippen molar-refractivity contribution in [3.63, 3.8) is 0 Å². The first-order valence-corrected chi connectivity index (χ1v) is 6.19. The van der Waals surface area contributed by atoms with E-state index in [0.29, 0.717) is 12.6 Å². The molecule has 1 aromatic heterocycles. The topological polar surface area (TPSA) is 62.4 Å². The summed E-state index contributed by atoms with van der Waals surface area (Å²) in [4.78, 5) is 6.51. The van der Waals surface area contributed by atoms with Gasteiger partial charge in [-0.2, -0.15) is 0 Å². The van der Waals surface area contributed by atoms with Crippen LogP contribution in [0.25, 0.3) is 0 Å². The maximum Gasteiger partial charge on any atom is 0.0606 e. The van der Waals surface area contributed by atoms with E-state index in [-0.39, 0.29) is 12.6 Å². The first kappa shape index (κ1) is 13.9. The van der Waals surface area contributed by atoms with E-state index in [4.69, 9.17) is 10.8 Å². The highest BCUT2D eigenvalue weighted by Gasteiger charge is 2.11. The van der Waals surface area contributed by atoms with Crippen LogP contribution in [0.4, 0.5) is 5.69 Å². The van der Waals surface area contributed by atoms with Gasteiger partial charge in [-0.25, -0.2) is 0 Å². The number of pyridine rings is 1. The van der Waals surface area contributed by atoms with Gasteiger partial charge in [0.05, 0.1) is 24.2 Å². The Labute approximate surface area is 103 Å². The molecule has 0 saturated heterocycles. The number of hydrogen-bond acceptors (Lipinski definition) is 4. The summed E-state index contributed by atoms with van der Waals surface area (Å²) in [7, 11) is 0. The number of anilines is 1. The summed E-state index contributed by atoms with van der Waals surface area (Å²) in [6.07, 6.45) is 2.72. The van der Waals surface area contributed by atoms with Gasteiger partial charge in [0.25, 0.3) is 0 Å². The van der Waals surface area contributed by atoms with Gasteiger partial charge >= 0.3 is 0 Å². The molecule has 1 unspecified atom stereocenters. The molecule has 0 spiro atoms. The highest BCUT2D eigenvalue weighted by atomic mass is 16.3. The summed E-state index contributed by atoms with van der Waals surface area (Å²) < 4.78 is 0. The van der Waals surface area contributed by atoms with Gasteiger partial charge in [0, 0.05) is 18.6 Å². The average molecular weight is 237 g/mol. The van der Waals surface area contributed by atoms with Gasteiger partial charge in [0.2, 0.25) is 0 Å². The lowest BCUT2D eigenvalue weighted by molar-refractivity contribution is 0.299. The standard InChI is InChI=1S/C13H23N3O/c1-4-12(14)13-6-5-11(9-15-13)16(7-8-17)10(2)3/h5-6,9-10,12,17H,4,7-8,14H2,1-3H3. The van der Waals surface area contributed by atoms with Crippen LogP contribution in [0.1, 0.15) is 38.9 Å². The van der Waals surface area contributed by atoms with E-state index in [0.717, 1.165) is 17.8 Å². The van der Waals surface area contributed by atoms with Crippen LogP contribution in [-0.4, -0.2) is 29.3 Å². The molecule has 0 aliphatic carbocycles.